The highest BCUT2D eigenvalue weighted by Crippen LogP contribution is 2.37. The third-order valence-corrected chi connectivity index (χ3v) is 5.27. The average Bonchev–Trinajstić information content (AvgIpc) is 2.87. The first-order valence-corrected chi connectivity index (χ1v) is 8.56. The number of amides is 1. The predicted molar refractivity (Wildman–Crippen MR) is 86.5 cm³/mol. The lowest BCUT2D eigenvalue weighted by atomic mass is 9.77. The van der Waals surface area contributed by atoms with Gasteiger partial charge in [0.2, 0.25) is 5.91 Å². The van der Waals surface area contributed by atoms with Crippen molar-refractivity contribution in [3.63, 3.8) is 0 Å². The molecule has 0 bridgehead atoms. The number of carbonyl (C=O) groups excluding carboxylic acids is 1. The molecule has 25 heavy (non-hydrogen) atoms. The molecule has 0 spiro atoms. The van der Waals surface area contributed by atoms with Gasteiger partial charge in [-0.15, -0.1) is 0 Å². The number of aliphatic hydroxyl groups excluding tert-OH is 1. The van der Waals surface area contributed by atoms with E-state index in [-0.39, 0.29) is 11.9 Å². The molecule has 7 heteroatoms. The summed E-state index contributed by atoms with van der Waals surface area (Å²) in [4.78, 5) is 13.4. The van der Waals surface area contributed by atoms with Crippen LogP contribution in [0.1, 0.15) is 30.9 Å². The topological polar surface area (TPSA) is 52.6 Å². The van der Waals surface area contributed by atoms with Gasteiger partial charge in [0.05, 0.1) is 17.7 Å². The van der Waals surface area contributed by atoms with Crippen molar-refractivity contribution in [3.8, 4) is 0 Å². The number of alkyl halides is 3. The van der Waals surface area contributed by atoms with Gasteiger partial charge in [-0.2, -0.15) is 13.2 Å². The Labute approximate surface area is 145 Å². The molecule has 1 aromatic carbocycles. The van der Waals surface area contributed by atoms with Crippen LogP contribution in [0.3, 0.4) is 0 Å². The van der Waals surface area contributed by atoms with Crippen LogP contribution in [-0.4, -0.2) is 41.1 Å². The van der Waals surface area contributed by atoms with Gasteiger partial charge in [0, 0.05) is 26.6 Å². The Bertz CT molecular complexity index is 635. The third-order valence-electron chi connectivity index (χ3n) is 5.27. The molecule has 1 saturated carbocycles. The van der Waals surface area contributed by atoms with Crippen molar-refractivity contribution >= 4 is 5.91 Å². The van der Waals surface area contributed by atoms with Crippen molar-refractivity contribution in [1.82, 2.24) is 10.2 Å². The Kier molecular flexibility index (Phi) is 5.06. The number of nitrogens with one attached hydrogen (secondary N) is 1. The number of hydrogen-bond acceptors (Lipinski definition) is 3. The Hall–Kier alpha value is -1.60. The number of nitrogens with zero attached hydrogens (tertiary/aromatic N) is 1. The van der Waals surface area contributed by atoms with Gasteiger partial charge in [-0.25, -0.2) is 0 Å². The van der Waals surface area contributed by atoms with Gasteiger partial charge in [-0.3, -0.25) is 9.69 Å². The van der Waals surface area contributed by atoms with E-state index in [1.807, 2.05) is 0 Å². The normalized spacial score (nSPS) is 30.1. The van der Waals surface area contributed by atoms with Crippen molar-refractivity contribution in [2.45, 2.75) is 44.6 Å². The molecule has 4 nitrogen and oxygen atoms in total. The quantitative estimate of drug-likeness (QED) is 0.875. The highest BCUT2D eigenvalue weighted by molar-refractivity contribution is 5.73. The van der Waals surface area contributed by atoms with E-state index in [1.54, 1.807) is 6.07 Å². The first-order valence-electron chi connectivity index (χ1n) is 8.56. The number of aliphatic hydroxyl groups is 1. The number of carbonyl (C=O) groups is 1. The summed E-state index contributed by atoms with van der Waals surface area (Å²) in [5.74, 6) is 0.526. The Balaban J connectivity index is 1.63. The molecule has 2 fully saturated rings. The maximum atomic E-state index is 12.8. The van der Waals surface area contributed by atoms with Crippen molar-refractivity contribution in [1.29, 1.82) is 0 Å². The molecule has 0 unspecified atom stereocenters. The van der Waals surface area contributed by atoms with Gasteiger partial charge in [-0.05, 0) is 36.3 Å². The van der Waals surface area contributed by atoms with Crippen LogP contribution in [0, 0.1) is 11.8 Å². The second kappa shape index (κ2) is 6.96. The minimum Gasteiger partial charge on any atom is -0.391 e. The van der Waals surface area contributed by atoms with Crippen molar-refractivity contribution in [2.75, 3.05) is 13.1 Å². The number of fused-ring (bicyclic) bond motifs is 1. The van der Waals surface area contributed by atoms with E-state index in [1.165, 1.54) is 19.1 Å². The Morgan fingerprint density at radius 1 is 1.28 bits per heavy atom. The zero-order valence-electron chi connectivity index (χ0n) is 14.1. The molecule has 1 aromatic rings. The van der Waals surface area contributed by atoms with E-state index in [0.717, 1.165) is 19.2 Å². The summed E-state index contributed by atoms with van der Waals surface area (Å²) >= 11 is 0. The van der Waals surface area contributed by atoms with Crippen LogP contribution < -0.4 is 5.32 Å². The standard InChI is InChI=1S/C18H23F3N2O2/c1-11(24)22-16-6-13-9-23(10-14(13)7-17(16)25)8-12-3-2-4-15(5-12)18(19,20)21/h2-5,13-14,16-17,25H,6-10H2,1H3,(H,22,24)/t13-,14+,16-,17-/m1/s1. The summed E-state index contributed by atoms with van der Waals surface area (Å²) in [7, 11) is 0. The van der Waals surface area contributed by atoms with Crippen LogP contribution in [0.15, 0.2) is 24.3 Å². The molecule has 1 amide bonds. The third kappa shape index (κ3) is 4.33. The minimum atomic E-state index is -4.33. The zero-order chi connectivity index (χ0) is 18.2. The zero-order valence-corrected chi connectivity index (χ0v) is 14.1. The molecule has 1 aliphatic heterocycles. The van der Waals surface area contributed by atoms with Gasteiger partial charge in [0.25, 0.3) is 0 Å². The van der Waals surface area contributed by atoms with Crippen LogP contribution >= 0.6 is 0 Å². The molecule has 3 rings (SSSR count). The maximum absolute atomic E-state index is 12.8. The first-order chi connectivity index (χ1) is 11.7. The van der Waals surface area contributed by atoms with Crippen molar-refractivity contribution < 1.29 is 23.1 Å². The lowest BCUT2D eigenvalue weighted by Gasteiger charge is -2.35. The Morgan fingerprint density at radius 2 is 1.96 bits per heavy atom. The number of rotatable bonds is 3. The van der Waals surface area contributed by atoms with Gasteiger partial charge < -0.3 is 10.4 Å². The van der Waals surface area contributed by atoms with Crippen LogP contribution in [0.5, 0.6) is 0 Å². The largest absolute Gasteiger partial charge is 0.416 e. The van der Waals surface area contributed by atoms with Gasteiger partial charge >= 0.3 is 6.18 Å². The van der Waals surface area contributed by atoms with Crippen molar-refractivity contribution in [3.05, 3.63) is 35.4 Å². The molecule has 0 radical (unpaired) electrons. The number of hydrogen-bond donors (Lipinski definition) is 2. The molecule has 2 N–H and O–H groups in total. The fraction of sp³-hybridized carbons (Fsp3) is 0.611. The molecule has 1 aliphatic carbocycles. The van der Waals surface area contributed by atoms with Crippen LogP contribution in [0.2, 0.25) is 0 Å². The maximum Gasteiger partial charge on any atom is 0.416 e. The number of likely N-dealkylation sites (tertiary alicyclic amines) is 1. The number of halogens is 3. The number of benzene rings is 1. The van der Waals surface area contributed by atoms with E-state index in [0.29, 0.717) is 36.8 Å². The summed E-state index contributed by atoms with van der Waals surface area (Å²) in [5.41, 5.74) is 0.0233. The first kappa shape index (κ1) is 18.2. The molecule has 1 saturated heterocycles. The molecular formula is C18H23F3N2O2. The van der Waals surface area contributed by atoms with Crippen LogP contribution in [0.25, 0.3) is 0 Å². The molecule has 138 valence electrons. The summed E-state index contributed by atoms with van der Waals surface area (Å²) in [6, 6.07) is 5.22. The van der Waals surface area contributed by atoms with E-state index in [9.17, 15) is 23.1 Å². The second-order valence-electron chi connectivity index (χ2n) is 7.26. The van der Waals surface area contributed by atoms with Gasteiger partial charge in [0.1, 0.15) is 0 Å². The van der Waals surface area contributed by atoms with Crippen LogP contribution in [0.4, 0.5) is 13.2 Å². The summed E-state index contributed by atoms with van der Waals surface area (Å²) in [5, 5.41) is 13.0. The van der Waals surface area contributed by atoms with Gasteiger partial charge in [-0.1, -0.05) is 18.2 Å². The van der Waals surface area contributed by atoms with Crippen LogP contribution in [-0.2, 0) is 17.5 Å². The summed E-state index contributed by atoms with van der Waals surface area (Å²) in [6.07, 6.45) is -3.55. The lowest BCUT2D eigenvalue weighted by molar-refractivity contribution is -0.137. The highest BCUT2D eigenvalue weighted by atomic mass is 19.4. The molecule has 1 heterocycles. The Morgan fingerprint density at radius 3 is 2.60 bits per heavy atom. The fourth-order valence-corrected chi connectivity index (χ4v) is 4.18. The SMILES string of the molecule is CC(=O)N[C@@H]1C[C@@H]2CN(Cc3cccc(C(F)(F)F)c3)C[C@@H]2C[C@H]1O. The van der Waals surface area contributed by atoms with E-state index in [2.05, 4.69) is 10.2 Å². The highest BCUT2D eigenvalue weighted by Gasteiger charge is 2.42. The van der Waals surface area contributed by atoms with Gasteiger partial charge in [0.15, 0.2) is 0 Å². The van der Waals surface area contributed by atoms with Crippen molar-refractivity contribution in [2.24, 2.45) is 11.8 Å². The predicted octanol–water partition coefficient (Wildman–Crippen LogP) is 2.41. The fourth-order valence-electron chi connectivity index (χ4n) is 4.18. The smallest absolute Gasteiger partial charge is 0.391 e. The molecular weight excluding hydrogens is 333 g/mol. The summed E-state index contributed by atoms with van der Waals surface area (Å²) < 4.78 is 38.5. The van der Waals surface area contributed by atoms with E-state index in [4.69, 9.17) is 0 Å². The summed E-state index contributed by atoms with van der Waals surface area (Å²) in [6.45, 7) is 3.46. The second-order valence-corrected chi connectivity index (χ2v) is 7.26. The molecule has 2 aliphatic rings. The molecule has 0 aromatic heterocycles. The lowest BCUT2D eigenvalue weighted by Crippen LogP contribution is -2.48. The minimum absolute atomic E-state index is 0.152. The molecule has 4 atom stereocenters. The monoisotopic (exact) mass is 356 g/mol. The average molecular weight is 356 g/mol. The van der Waals surface area contributed by atoms with E-state index >= 15 is 0 Å². The van der Waals surface area contributed by atoms with E-state index < -0.39 is 17.8 Å².